The van der Waals surface area contributed by atoms with E-state index in [4.69, 9.17) is 14.2 Å². The first-order chi connectivity index (χ1) is 16.0. The smallest absolute Gasteiger partial charge is 0.410 e. The van der Waals surface area contributed by atoms with Gasteiger partial charge in [0.15, 0.2) is 0 Å². The topological polar surface area (TPSA) is 102 Å². The molecular formula is C25H25NO7. The van der Waals surface area contributed by atoms with Gasteiger partial charge in [-0.3, -0.25) is 4.90 Å². The molecule has 0 saturated carbocycles. The molecule has 1 aliphatic heterocycles. The normalized spacial score (nSPS) is 19.0. The first-order valence-electron chi connectivity index (χ1n) is 10.7. The molecule has 1 saturated heterocycles. The highest BCUT2D eigenvalue weighted by Gasteiger charge is 2.42. The predicted molar refractivity (Wildman–Crippen MR) is 119 cm³/mol. The van der Waals surface area contributed by atoms with E-state index in [9.17, 15) is 19.5 Å². The second-order valence-electron chi connectivity index (χ2n) is 7.95. The summed E-state index contributed by atoms with van der Waals surface area (Å²) in [6.07, 6.45) is 0.175. The van der Waals surface area contributed by atoms with E-state index in [-0.39, 0.29) is 38.7 Å². The number of fused-ring (bicyclic) bond motifs is 3. The fourth-order valence-electron chi connectivity index (χ4n) is 4.41. The average Bonchev–Trinajstić information content (AvgIpc) is 3.40. The fraction of sp³-hybridized carbons (Fsp3) is 0.320. The molecule has 8 nitrogen and oxygen atoms in total. The number of carboxylic acid groups (broad SMARTS) is 1. The van der Waals surface area contributed by atoms with Gasteiger partial charge in [0, 0.05) is 12.3 Å². The standard InChI is InChI=1S/C25H25NO7/c1-2-11-31-23(27)15-32-16-12-22(24(28)29)26(13-16)25(30)33-14-21-19-9-5-3-7-17(19)18-8-4-6-10-20(18)21/h2-10,16,21-22H,1,11-15H2,(H,28,29)/t16-,22+/m1/s1. The van der Waals surface area contributed by atoms with Crippen LogP contribution in [0.15, 0.2) is 61.2 Å². The zero-order valence-corrected chi connectivity index (χ0v) is 18.0. The lowest BCUT2D eigenvalue weighted by Crippen LogP contribution is -2.41. The third kappa shape index (κ3) is 4.75. The minimum Gasteiger partial charge on any atom is -0.480 e. The van der Waals surface area contributed by atoms with Gasteiger partial charge in [-0.25, -0.2) is 14.4 Å². The van der Waals surface area contributed by atoms with Crippen LogP contribution in [0.1, 0.15) is 23.5 Å². The molecule has 8 heteroatoms. The lowest BCUT2D eigenvalue weighted by atomic mass is 9.98. The summed E-state index contributed by atoms with van der Waals surface area (Å²) in [6.45, 7) is 3.30. The Kier molecular flexibility index (Phi) is 6.74. The van der Waals surface area contributed by atoms with Gasteiger partial charge in [0.05, 0.1) is 12.6 Å². The first-order valence-corrected chi connectivity index (χ1v) is 10.7. The lowest BCUT2D eigenvalue weighted by Gasteiger charge is -2.22. The largest absolute Gasteiger partial charge is 0.480 e. The van der Waals surface area contributed by atoms with E-state index >= 15 is 0 Å². The molecular weight excluding hydrogens is 426 g/mol. The number of likely N-dealkylation sites (tertiary alicyclic amines) is 1. The van der Waals surface area contributed by atoms with Crippen LogP contribution in [0.4, 0.5) is 4.79 Å². The van der Waals surface area contributed by atoms with Gasteiger partial charge in [-0.2, -0.15) is 0 Å². The summed E-state index contributed by atoms with van der Waals surface area (Å²) in [5, 5.41) is 9.58. The molecule has 172 valence electrons. The zero-order chi connectivity index (χ0) is 23.4. The van der Waals surface area contributed by atoms with E-state index in [1.165, 1.54) is 6.08 Å². The summed E-state index contributed by atoms with van der Waals surface area (Å²) in [7, 11) is 0. The highest BCUT2D eigenvalue weighted by atomic mass is 16.6. The summed E-state index contributed by atoms with van der Waals surface area (Å²) >= 11 is 0. The molecule has 2 aromatic rings. The molecule has 33 heavy (non-hydrogen) atoms. The summed E-state index contributed by atoms with van der Waals surface area (Å²) in [6, 6.07) is 14.9. The van der Waals surface area contributed by atoms with Crippen LogP contribution in [0.25, 0.3) is 11.1 Å². The van der Waals surface area contributed by atoms with Crippen molar-refractivity contribution in [3.8, 4) is 11.1 Å². The fourth-order valence-corrected chi connectivity index (χ4v) is 4.41. The van der Waals surface area contributed by atoms with E-state index < -0.39 is 30.2 Å². The van der Waals surface area contributed by atoms with Crippen molar-refractivity contribution in [2.24, 2.45) is 0 Å². The van der Waals surface area contributed by atoms with Crippen LogP contribution < -0.4 is 0 Å². The van der Waals surface area contributed by atoms with Crippen LogP contribution >= 0.6 is 0 Å². The van der Waals surface area contributed by atoms with Crippen molar-refractivity contribution in [1.82, 2.24) is 4.90 Å². The van der Waals surface area contributed by atoms with E-state index in [1.807, 2.05) is 48.5 Å². The molecule has 0 spiro atoms. The van der Waals surface area contributed by atoms with Crippen LogP contribution in [-0.4, -0.2) is 66.5 Å². The van der Waals surface area contributed by atoms with Gasteiger partial charge in [-0.1, -0.05) is 61.2 Å². The van der Waals surface area contributed by atoms with Gasteiger partial charge in [0.25, 0.3) is 0 Å². The molecule has 2 aliphatic rings. The van der Waals surface area contributed by atoms with E-state index in [0.29, 0.717) is 0 Å². The number of rotatable bonds is 8. The number of nitrogens with zero attached hydrogens (tertiary/aromatic N) is 1. The maximum absolute atomic E-state index is 12.8. The molecule has 0 bridgehead atoms. The number of hydrogen-bond acceptors (Lipinski definition) is 6. The monoisotopic (exact) mass is 451 g/mol. The zero-order valence-electron chi connectivity index (χ0n) is 18.0. The number of carbonyl (C=O) groups is 3. The van der Waals surface area contributed by atoms with Crippen molar-refractivity contribution in [1.29, 1.82) is 0 Å². The number of hydrogen-bond donors (Lipinski definition) is 1. The molecule has 1 N–H and O–H groups in total. The summed E-state index contributed by atoms with van der Waals surface area (Å²) in [5.41, 5.74) is 4.36. The first kappa shape index (κ1) is 22.5. The molecule has 1 aliphatic carbocycles. The van der Waals surface area contributed by atoms with E-state index in [2.05, 4.69) is 6.58 Å². The Morgan fingerprint density at radius 1 is 1.03 bits per heavy atom. The molecule has 0 radical (unpaired) electrons. The predicted octanol–water partition coefficient (Wildman–Crippen LogP) is 3.21. The van der Waals surface area contributed by atoms with Gasteiger partial charge in [-0.05, 0) is 22.3 Å². The Labute approximate surface area is 191 Å². The van der Waals surface area contributed by atoms with Crippen LogP contribution in [-0.2, 0) is 23.8 Å². The van der Waals surface area contributed by atoms with Crippen molar-refractivity contribution in [3.63, 3.8) is 0 Å². The molecule has 0 aromatic heterocycles. The Bertz CT molecular complexity index is 1020. The number of ether oxygens (including phenoxy) is 3. The Hall–Kier alpha value is -3.65. The number of aliphatic carboxylic acids is 1. The molecule has 2 atom stereocenters. The lowest BCUT2D eigenvalue weighted by molar-refractivity contribution is -0.149. The molecule has 2 aromatic carbocycles. The highest BCUT2D eigenvalue weighted by Crippen LogP contribution is 2.44. The van der Waals surface area contributed by atoms with E-state index in [1.54, 1.807) is 0 Å². The molecule has 0 unspecified atom stereocenters. The minimum absolute atomic E-state index is 0.0162. The molecule has 4 rings (SSSR count). The average molecular weight is 451 g/mol. The summed E-state index contributed by atoms with van der Waals surface area (Å²) < 4.78 is 15.9. The highest BCUT2D eigenvalue weighted by molar-refractivity contribution is 5.82. The van der Waals surface area contributed by atoms with Gasteiger partial charge >= 0.3 is 18.0 Å². The van der Waals surface area contributed by atoms with Gasteiger partial charge in [0.1, 0.15) is 25.9 Å². The second kappa shape index (κ2) is 9.87. The number of carboxylic acids is 1. The van der Waals surface area contributed by atoms with Gasteiger partial charge in [-0.15, -0.1) is 0 Å². The summed E-state index contributed by atoms with van der Waals surface area (Å²) in [5.74, 6) is -1.86. The van der Waals surface area contributed by atoms with Crippen LogP contribution in [0.2, 0.25) is 0 Å². The van der Waals surface area contributed by atoms with Crippen molar-refractivity contribution in [2.45, 2.75) is 24.5 Å². The number of amides is 1. The van der Waals surface area contributed by atoms with Crippen molar-refractivity contribution in [3.05, 3.63) is 72.3 Å². The number of benzene rings is 2. The number of carbonyl (C=O) groups excluding carboxylic acids is 2. The maximum atomic E-state index is 12.8. The van der Waals surface area contributed by atoms with E-state index in [0.717, 1.165) is 27.2 Å². The van der Waals surface area contributed by atoms with Crippen LogP contribution in [0, 0.1) is 0 Å². The SMILES string of the molecule is C=CCOC(=O)CO[C@@H]1C[C@@H](C(=O)O)N(C(=O)OCC2c3ccccc3-c3ccccc32)C1. The van der Waals surface area contributed by atoms with Gasteiger partial charge < -0.3 is 19.3 Å². The van der Waals surface area contributed by atoms with Crippen LogP contribution in [0.3, 0.4) is 0 Å². The molecule has 1 amide bonds. The van der Waals surface area contributed by atoms with Crippen LogP contribution in [0.5, 0.6) is 0 Å². The second-order valence-corrected chi connectivity index (χ2v) is 7.95. The third-order valence-electron chi connectivity index (χ3n) is 5.92. The third-order valence-corrected chi connectivity index (χ3v) is 5.92. The summed E-state index contributed by atoms with van der Waals surface area (Å²) in [4.78, 5) is 37.3. The maximum Gasteiger partial charge on any atom is 0.410 e. The quantitative estimate of drug-likeness (QED) is 0.486. The van der Waals surface area contributed by atoms with Crippen molar-refractivity contribution < 1.29 is 33.7 Å². The Balaban J connectivity index is 1.40. The Morgan fingerprint density at radius 3 is 2.27 bits per heavy atom. The Morgan fingerprint density at radius 2 is 1.67 bits per heavy atom. The van der Waals surface area contributed by atoms with Crippen molar-refractivity contribution >= 4 is 18.0 Å². The molecule has 1 fully saturated rings. The number of esters is 1. The minimum atomic E-state index is -1.15. The molecule has 1 heterocycles. The van der Waals surface area contributed by atoms with Gasteiger partial charge in [0.2, 0.25) is 0 Å². The van der Waals surface area contributed by atoms with Crippen molar-refractivity contribution in [2.75, 3.05) is 26.4 Å².